The maximum Gasteiger partial charge on any atom is 0.233 e. The molecule has 7 heteroatoms. The fourth-order valence-electron chi connectivity index (χ4n) is 2.28. The number of nitrogens with one attached hydrogen (secondary N) is 1. The molecule has 1 atom stereocenters. The minimum absolute atomic E-state index is 0.0366. The molecule has 0 bridgehead atoms. The maximum absolute atomic E-state index is 11.2. The number of nitrogens with zero attached hydrogens (tertiary/aromatic N) is 2. The van der Waals surface area contributed by atoms with Crippen LogP contribution < -0.4 is 14.8 Å². The highest BCUT2D eigenvalue weighted by atomic mass is 32.1. The summed E-state index contributed by atoms with van der Waals surface area (Å²) in [6.07, 6.45) is 1.33. The predicted molar refractivity (Wildman–Crippen MR) is 77.5 cm³/mol. The van der Waals surface area contributed by atoms with Crippen molar-refractivity contribution in [1.29, 1.82) is 5.26 Å². The van der Waals surface area contributed by atoms with E-state index in [2.05, 4.69) is 15.8 Å². The van der Waals surface area contributed by atoms with Gasteiger partial charge in [-0.3, -0.25) is 4.79 Å². The van der Waals surface area contributed by atoms with Gasteiger partial charge in [0.2, 0.25) is 11.8 Å². The molecule has 2 heterocycles. The third-order valence-electron chi connectivity index (χ3n) is 3.39. The molecule has 1 N–H and O–H groups in total. The molecule has 1 saturated heterocycles. The zero-order chi connectivity index (χ0) is 14.8. The van der Waals surface area contributed by atoms with Gasteiger partial charge >= 0.3 is 0 Å². The second-order valence-corrected chi connectivity index (χ2v) is 5.57. The average Bonchev–Trinajstić information content (AvgIpc) is 3.09. The Morgan fingerprint density at radius 2 is 2.43 bits per heavy atom. The summed E-state index contributed by atoms with van der Waals surface area (Å²) in [6.45, 7) is 0.396. The van der Waals surface area contributed by atoms with E-state index in [9.17, 15) is 4.79 Å². The molecule has 108 valence electrons. The lowest BCUT2D eigenvalue weighted by atomic mass is 10.1. The molecule has 0 unspecified atom stereocenters. The quantitative estimate of drug-likeness (QED) is 0.931. The number of amides is 1. The molecular weight excluding hydrogens is 290 g/mol. The van der Waals surface area contributed by atoms with Crippen LogP contribution in [0.1, 0.15) is 18.4 Å². The molecule has 2 aromatic rings. The summed E-state index contributed by atoms with van der Waals surface area (Å²) in [4.78, 5) is 11.2. The summed E-state index contributed by atoms with van der Waals surface area (Å²) in [6, 6.07) is 5.64. The average molecular weight is 303 g/mol. The van der Waals surface area contributed by atoms with E-state index in [0.717, 1.165) is 16.5 Å². The molecule has 6 nitrogen and oxygen atoms in total. The Hall–Kier alpha value is -2.33. The monoisotopic (exact) mass is 303 g/mol. The van der Waals surface area contributed by atoms with Gasteiger partial charge < -0.3 is 14.8 Å². The number of fused-ring (bicyclic) bond motifs is 1. The van der Waals surface area contributed by atoms with Crippen LogP contribution in [-0.4, -0.2) is 30.0 Å². The highest BCUT2D eigenvalue weighted by Crippen LogP contribution is 2.34. The summed E-state index contributed by atoms with van der Waals surface area (Å²) in [5, 5.41) is 12.7. The van der Waals surface area contributed by atoms with Gasteiger partial charge in [0.05, 0.1) is 28.8 Å². The summed E-state index contributed by atoms with van der Waals surface area (Å²) in [7, 11) is 1.52. The number of carbonyl (C=O) groups excluding carboxylic acids is 1. The first-order valence-electron chi connectivity index (χ1n) is 6.51. The Kier molecular flexibility index (Phi) is 3.62. The van der Waals surface area contributed by atoms with Gasteiger partial charge in [0, 0.05) is 6.42 Å². The third kappa shape index (κ3) is 2.62. The molecule has 0 spiro atoms. The van der Waals surface area contributed by atoms with Crippen LogP contribution in [0.2, 0.25) is 0 Å². The predicted octanol–water partition coefficient (Wildman–Crippen LogP) is 1.83. The molecule has 1 fully saturated rings. The van der Waals surface area contributed by atoms with E-state index in [1.54, 1.807) is 12.1 Å². The molecule has 1 aliphatic rings. The minimum Gasteiger partial charge on any atom is -0.495 e. The van der Waals surface area contributed by atoms with Crippen LogP contribution in [0.5, 0.6) is 11.6 Å². The first-order chi connectivity index (χ1) is 10.2. The van der Waals surface area contributed by atoms with E-state index < -0.39 is 0 Å². The maximum atomic E-state index is 11.2. The molecule has 21 heavy (non-hydrogen) atoms. The molecular formula is C14H13N3O3S. The van der Waals surface area contributed by atoms with Gasteiger partial charge in [0.1, 0.15) is 18.4 Å². The van der Waals surface area contributed by atoms with Gasteiger partial charge in [-0.1, -0.05) is 0 Å². The molecule has 1 aromatic carbocycles. The van der Waals surface area contributed by atoms with E-state index in [4.69, 9.17) is 14.7 Å². The van der Waals surface area contributed by atoms with Crippen molar-refractivity contribution < 1.29 is 14.3 Å². The number of carbonyl (C=O) groups is 1. The number of methoxy groups -OCH3 is 1. The third-order valence-corrected chi connectivity index (χ3v) is 4.18. The van der Waals surface area contributed by atoms with E-state index in [1.807, 2.05) is 0 Å². The summed E-state index contributed by atoms with van der Waals surface area (Å²) >= 11 is 1.28. The van der Waals surface area contributed by atoms with Gasteiger partial charge in [-0.25, -0.2) is 0 Å². The van der Waals surface area contributed by atoms with Gasteiger partial charge in [0.25, 0.3) is 0 Å². The zero-order valence-electron chi connectivity index (χ0n) is 11.4. The van der Waals surface area contributed by atoms with E-state index in [-0.39, 0.29) is 11.9 Å². The van der Waals surface area contributed by atoms with Crippen molar-refractivity contribution in [1.82, 2.24) is 9.69 Å². The van der Waals surface area contributed by atoms with Gasteiger partial charge in [0.15, 0.2) is 0 Å². The number of benzene rings is 1. The number of ether oxygens (including phenoxy) is 2. The number of aromatic nitrogens is 1. The van der Waals surface area contributed by atoms with Crippen molar-refractivity contribution >= 4 is 27.5 Å². The Balaban J connectivity index is 1.83. The Labute approximate surface area is 125 Å². The van der Waals surface area contributed by atoms with Gasteiger partial charge in [-0.05, 0) is 30.1 Å². The smallest absolute Gasteiger partial charge is 0.233 e. The number of hydrogen-bond donors (Lipinski definition) is 1. The van der Waals surface area contributed by atoms with Crippen LogP contribution in [0.3, 0.4) is 0 Å². The molecule has 0 radical (unpaired) electrons. The zero-order valence-corrected chi connectivity index (χ0v) is 12.2. The lowest BCUT2D eigenvalue weighted by molar-refractivity contribution is -0.119. The van der Waals surface area contributed by atoms with Gasteiger partial charge in [-0.2, -0.15) is 9.64 Å². The van der Waals surface area contributed by atoms with Crippen LogP contribution in [0.25, 0.3) is 10.1 Å². The minimum atomic E-state index is 0.0366. The topological polar surface area (TPSA) is 84.2 Å². The second-order valence-electron chi connectivity index (χ2n) is 4.76. The molecule has 1 amide bonds. The number of rotatable bonds is 4. The van der Waals surface area contributed by atoms with E-state index >= 15 is 0 Å². The van der Waals surface area contributed by atoms with Crippen molar-refractivity contribution in [3.05, 3.63) is 17.7 Å². The first-order valence-corrected chi connectivity index (χ1v) is 7.28. The Morgan fingerprint density at radius 1 is 1.57 bits per heavy atom. The van der Waals surface area contributed by atoms with Crippen molar-refractivity contribution in [2.75, 3.05) is 13.7 Å². The van der Waals surface area contributed by atoms with Crippen molar-refractivity contribution in [2.45, 2.75) is 18.9 Å². The lowest BCUT2D eigenvalue weighted by Crippen LogP contribution is -2.30. The summed E-state index contributed by atoms with van der Waals surface area (Å²) in [5.41, 5.74) is 0.475. The van der Waals surface area contributed by atoms with Crippen molar-refractivity contribution in [3.63, 3.8) is 0 Å². The first kappa shape index (κ1) is 13.6. The molecule has 1 aliphatic heterocycles. The fourth-order valence-corrected chi connectivity index (χ4v) is 3.03. The molecule has 0 aliphatic carbocycles. The summed E-state index contributed by atoms with van der Waals surface area (Å²) in [5.74, 6) is 1.08. The lowest BCUT2D eigenvalue weighted by Gasteiger charge is -2.10. The molecule has 1 aromatic heterocycles. The van der Waals surface area contributed by atoms with Crippen molar-refractivity contribution in [3.8, 4) is 17.7 Å². The highest BCUT2D eigenvalue weighted by molar-refractivity contribution is 7.13. The SMILES string of the molecule is COc1cc2c(OC[C@@H]3CCC(=O)N3)nsc2cc1C#N. The van der Waals surface area contributed by atoms with Crippen LogP contribution in [0.15, 0.2) is 12.1 Å². The molecule has 3 rings (SSSR count). The van der Waals surface area contributed by atoms with Crippen LogP contribution >= 0.6 is 11.5 Å². The largest absolute Gasteiger partial charge is 0.495 e. The van der Waals surface area contributed by atoms with E-state index in [1.165, 1.54) is 18.6 Å². The van der Waals surface area contributed by atoms with Crippen LogP contribution in [-0.2, 0) is 4.79 Å². The summed E-state index contributed by atoms with van der Waals surface area (Å²) < 4.78 is 16.1. The standard InChI is InChI=1S/C14H13N3O3S/c1-19-11-5-10-12(4-8(11)6-15)21-17-14(10)20-7-9-2-3-13(18)16-9/h4-5,9H,2-3,7H2,1H3,(H,16,18)/t9-/m0/s1. The number of nitriles is 1. The Bertz CT molecular complexity index is 735. The van der Waals surface area contributed by atoms with Crippen LogP contribution in [0, 0.1) is 11.3 Å². The molecule has 0 saturated carbocycles. The van der Waals surface area contributed by atoms with Crippen molar-refractivity contribution in [2.24, 2.45) is 0 Å². The Morgan fingerprint density at radius 3 is 3.10 bits per heavy atom. The normalized spacial score (nSPS) is 17.5. The highest BCUT2D eigenvalue weighted by Gasteiger charge is 2.22. The van der Waals surface area contributed by atoms with E-state index in [0.29, 0.717) is 30.2 Å². The second kappa shape index (κ2) is 5.58. The fraction of sp³-hybridized carbons (Fsp3) is 0.357. The number of hydrogen-bond acceptors (Lipinski definition) is 6. The van der Waals surface area contributed by atoms with Gasteiger partial charge in [-0.15, -0.1) is 0 Å². The van der Waals surface area contributed by atoms with Crippen LogP contribution in [0.4, 0.5) is 0 Å².